The van der Waals surface area contributed by atoms with Crippen molar-refractivity contribution in [3.63, 3.8) is 0 Å². The highest BCUT2D eigenvalue weighted by atomic mass is 16.5. The Hall–Kier alpha value is -3.87. The Morgan fingerprint density at radius 1 is 1.06 bits per heavy atom. The Balaban J connectivity index is 1.33. The van der Waals surface area contributed by atoms with E-state index in [2.05, 4.69) is 15.2 Å². The van der Waals surface area contributed by atoms with Gasteiger partial charge in [0.15, 0.2) is 0 Å². The molecule has 7 nitrogen and oxygen atoms in total. The number of rotatable bonds is 7. The lowest BCUT2D eigenvalue weighted by molar-refractivity contribution is -0.122. The van der Waals surface area contributed by atoms with Crippen LogP contribution in [0.4, 0.5) is 11.4 Å². The van der Waals surface area contributed by atoms with Gasteiger partial charge in [-0.3, -0.25) is 14.6 Å². The van der Waals surface area contributed by atoms with Gasteiger partial charge in [0.25, 0.3) is 5.91 Å². The predicted molar refractivity (Wildman–Crippen MR) is 124 cm³/mol. The number of piperidine rings is 1. The number of carbonyl (C=O) groups is 2. The number of pyridine rings is 1. The Morgan fingerprint density at radius 3 is 2.53 bits per heavy atom. The summed E-state index contributed by atoms with van der Waals surface area (Å²) >= 11 is 0. The van der Waals surface area contributed by atoms with Gasteiger partial charge in [-0.2, -0.15) is 0 Å². The fourth-order valence-electron chi connectivity index (χ4n) is 3.76. The number of benzene rings is 2. The number of nitrogens with one attached hydrogen (secondary N) is 1. The van der Waals surface area contributed by atoms with Crippen molar-refractivity contribution in [1.82, 2.24) is 4.98 Å². The van der Waals surface area contributed by atoms with Crippen LogP contribution in [0, 0.1) is 5.92 Å². The van der Waals surface area contributed by atoms with E-state index in [1.165, 1.54) is 0 Å². The molecule has 3 aromatic rings. The molecule has 0 saturated carbocycles. The molecule has 2 amide bonds. The lowest BCUT2D eigenvalue weighted by atomic mass is 9.96. The third-order valence-corrected chi connectivity index (χ3v) is 5.61. The van der Waals surface area contributed by atoms with Gasteiger partial charge < -0.3 is 20.7 Å². The second kappa shape index (κ2) is 9.96. The summed E-state index contributed by atoms with van der Waals surface area (Å²) < 4.78 is 5.78. The van der Waals surface area contributed by atoms with E-state index in [0.29, 0.717) is 23.6 Å². The Labute approximate surface area is 187 Å². The Kier molecular flexibility index (Phi) is 6.65. The van der Waals surface area contributed by atoms with Crippen molar-refractivity contribution in [2.75, 3.05) is 23.3 Å². The number of primary amides is 1. The molecule has 7 heteroatoms. The molecular formula is C25H26N4O3. The molecule has 1 saturated heterocycles. The summed E-state index contributed by atoms with van der Waals surface area (Å²) in [7, 11) is 0. The number of hydrogen-bond acceptors (Lipinski definition) is 5. The van der Waals surface area contributed by atoms with E-state index in [9.17, 15) is 9.59 Å². The zero-order valence-corrected chi connectivity index (χ0v) is 17.7. The maximum absolute atomic E-state index is 12.7. The van der Waals surface area contributed by atoms with Crippen LogP contribution in [0.3, 0.4) is 0 Å². The van der Waals surface area contributed by atoms with Crippen LogP contribution in [0.5, 0.6) is 5.75 Å². The van der Waals surface area contributed by atoms with Crippen LogP contribution in [-0.4, -0.2) is 29.9 Å². The Bertz CT molecular complexity index is 1060. The second-order valence-corrected chi connectivity index (χ2v) is 7.84. The monoisotopic (exact) mass is 430 g/mol. The molecule has 0 aliphatic carbocycles. The Morgan fingerprint density at radius 2 is 1.84 bits per heavy atom. The van der Waals surface area contributed by atoms with Crippen LogP contribution >= 0.6 is 0 Å². The number of ether oxygens (including phenoxy) is 1. The predicted octanol–water partition coefficient (Wildman–Crippen LogP) is 3.61. The summed E-state index contributed by atoms with van der Waals surface area (Å²) in [6.07, 6.45) is 5.01. The molecule has 2 heterocycles. The van der Waals surface area contributed by atoms with Crippen molar-refractivity contribution in [2.24, 2.45) is 11.7 Å². The van der Waals surface area contributed by atoms with E-state index < -0.39 is 0 Å². The third-order valence-electron chi connectivity index (χ3n) is 5.61. The third kappa shape index (κ3) is 5.43. The minimum atomic E-state index is -0.214. The number of anilines is 2. The molecule has 0 bridgehead atoms. The normalized spacial score (nSPS) is 14.1. The number of aromatic nitrogens is 1. The van der Waals surface area contributed by atoms with Crippen molar-refractivity contribution in [3.8, 4) is 5.75 Å². The molecule has 4 rings (SSSR count). The highest BCUT2D eigenvalue weighted by molar-refractivity contribution is 6.04. The quantitative estimate of drug-likeness (QED) is 0.597. The molecule has 1 aliphatic heterocycles. The first-order chi connectivity index (χ1) is 15.6. The highest BCUT2D eigenvalue weighted by Gasteiger charge is 2.23. The van der Waals surface area contributed by atoms with E-state index in [1.54, 1.807) is 30.6 Å². The van der Waals surface area contributed by atoms with Crippen LogP contribution in [0.1, 0.15) is 28.8 Å². The lowest BCUT2D eigenvalue weighted by Crippen LogP contribution is -2.38. The van der Waals surface area contributed by atoms with Crippen LogP contribution in [0.25, 0.3) is 0 Å². The first-order valence-electron chi connectivity index (χ1n) is 10.7. The van der Waals surface area contributed by atoms with E-state index in [0.717, 1.165) is 37.2 Å². The molecule has 0 radical (unpaired) electrons. The zero-order valence-electron chi connectivity index (χ0n) is 17.7. The van der Waals surface area contributed by atoms with E-state index in [1.807, 2.05) is 42.5 Å². The van der Waals surface area contributed by atoms with Gasteiger partial charge in [0, 0.05) is 53.9 Å². The van der Waals surface area contributed by atoms with Gasteiger partial charge in [-0.05, 0) is 61.4 Å². The van der Waals surface area contributed by atoms with E-state index >= 15 is 0 Å². The van der Waals surface area contributed by atoms with E-state index in [-0.39, 0.29) is 17.7 Å². The summed E-state index contributed by atoms with van der Waals surface area (Å²) in [5.41, 5.74) is 8.67. The van der Waals surface area contributed by atoms with Crippen molar-refractivity contribution < 1.29 is 14.3 Å². The molecule has 1 aromatic heterocycles. The van der Waals surface area contributed by atoms with Gasteiger partial charge in [0.1, 0.15) is 12.4 Å². The van der Waals surface area contributed by atoms with Crippen molar-refractivity contribution in [3.05, 3.63) is 84.2 Å². The molecule has 32 heavy (non-hydrogen) atoms. The van der Waals surface area contributed by atoms with Gasteiger partial charge in [-0.25, -0.2) is 0 Å². The zero-order chi connectivity index (χ0) is 22.3. The summed E-state index contributed by atoms with van der Waals surface area (Å²) in [6.45, 7) is 1.98. The number of nitrogens with zero attached hydrogens (tertiary/aromatic N) is 2. The van der Waals surface area contributed by atoms with Crippen molar-refractivity contribution in [2.45, 2.75) is 19.4 Å². The topological polar surface area (TPSA) is 97.6 Å². The summed E-state index contributed by atoms with van der Waals surface area (Å²) in [6, 6.07) is 18.6. The highest BCUT2D eigenvalue weighted by Crippen LogP contribution is 2.25. The van der Waals surface area contributed by atoms with Crippen LogP contribution in [0.15, 0.2) is 73.1 Å². The van der Waals surface area contributed by atoms with Crippen molar-refractivity contribution >= 4 is 23.2 Å². The van der Waals surface area contributed by atoms with Gasteiger partial charge >= 0.3 is 0 Å². The fraction of sp³-hybridized carbons (Fsp3) is 0.240. The SMILES string of the molecule is NC(=O)C1CCN(c2ccc(NC(=O)c3cccc(OCc4cccnc4)c3)cc2)CC1. The molecule has 164 valence electrons. The molecule has 2 aromatic carbocycles. The van der Waals surface area contributed by atoms with Gasteiger partial charge in [-0.15, -0.1) is 0 Å². The number of carbonyl (C=O) groups excluding carboxylic acids is 2. The molecule has 3 N–H and O–H groups in total. The molecule has 0 atom stereocenters. The minimum absolute atomic E-state index is 0.0334. The van der Waals surface area contributed by atoms with Gasteiger partial charge in [0.2, 0.25) is 5.91 Å². The first kappa shape index (κ1) is 21.4. The summed E-state index contributed by atoms with van der Waals surface area (Å²) in [5.74, 6) is 0.172. The molecule has 0 spiro atoms. The fourth-order valence-corrected chi connectivity index (χ4v) is 3.76. The first-order valence-corrected chi connectivity index (χ1v) is 10.7. The average Bonchev–Trinajstić information content (AvgIpc) is 2.84. The van der Waals surface area contributed by atoms with Crippen molar-refractivity contribution in [1.29, 1.82) is 0 Å². The second-order valence-electron chi connectivity index (χ2n) is 7.84. The number of hydrogen-bond donors (Lipinski definition) is 2. The van der Waals surface area contributed by atoms with Gasteiger partial charge in [-0.1, -0.05) is 12.1 Å². The average molecular weight is 431 g/mol. The standard InChI is InChI=1S/C25H26N4O3/c26-24(30)19-10-13-29(14-11-19)22-8-6-21(7-9-22)28-25(31)20-4-1-5-23(15-20)32-17-18-3-2-12-27-16-18/h1-9,12,15-16,19H,10-11,13-14,17H2,(H2,26,30)(H,28,31). The number of nitrogens with two attached hydrogens (primary N) is 1. The maximum Gasteiger partial charge on any atom is 0.255 e. The summed E-state index contributed by atoms with van der Waals surface area (Å²) in [5, 5.41) is 2.93. The summed E-state index contributed by atoms with van der Waals surface area (Å²) in [4.78, 5) is 30.3. The molecule has 1 fully saturated rings. The van der Waals surface area contributed by atoms with Crippen LogP contribution in [0.2, 0.25) is 0 Å². The number of amides is 2. The molecule has 0 unspecified atom stereocenters. The van der Waals surface area contributed by atoms with Crippen LogP contribution < -0.4 is 20.7 Å². The maximum atomic E-state index is 12.7. The van der Waals surface area contributed by atoms with Crippen LogP contribution in [-0.2, 0) is 11.4 Å². The largest absolute Gasteiger partial charge is 0.489 e. The molecule has 1 aliphatic rings. The van der Waals surface area contributed by atoms with Gasteiger partial charge in [0.05, 0.1) is 0 Å². The smallest absolute Gasteiger partial charge is 0.255 e. The molecular weight excluding hydrogens is 404 g/mol. The van der Waals surface area contributed by atoms with E-state index in [4.69, 9.17) is 10.5 Å². The minimum Gasteiger partial charge on any atom is -0.489 e. The lowest BCUT2D eigenvalue weighted by Gasteiger charge is -2.32.